The average Bonchev–Trinajstić information content (AvgIpc) is 2.37. The number of carbonyl (C=O) groups is 1. The van der Waals surface area contributed by atoms with Gasteiger partial charge in [-0.25, -0.2) is 4.79 Å². The fourth-order valence-corrected chi connectivity index (χ4v) is 2.70. The highest BCUT2D eigenvalue weighted by atomic mass is 16.5. The van der Waals surface area contributed by atoms with Crippen molar-refractivity contribution in [1.82, 2.24) is 5.32 Å². The molecule has 4 nitrogen and oxygen atoms in total. The van der Waals surface area contributed by atoms with E-state index in [1.807, 2.05) is 0 Å². The number of hydrogen-bond acceptors (Lipinski definition) is 4. The highest BCUT2D eigenvalue weighted by molar-refractivity contribution is 5.78. The predicted molar refractivity (Wildman–Crippen MR) is 71.3 cm³/mol. The Labute approximate surface area is 110 Å². The maximum atomic E-state index is 11.3. The molecule has 18 heavy (non-hydrogen) atoms. The average molecular weight is 257 g/mol. The topological polar surface area (TPSA) is 58.6 Å². The van der Waals surface area contributed by atoms with Gasteiger partial charge in [-0.2, -0.15) is 0 Å². The number of methoxy groups -OCH3 is 1. The van der Waals surface area contributed by atoms with Crippen molar-refractivity contribution in [2.24, 2.45) is 5.92 Å². The van der Waals surface area contributed by atoms with E-state index in [2.05, 4.69) is 17.0 Å². The molecule has 1 saturated carbocycles. The molecule has 4 heteroatoms. The molecule has 0 amide bonds. The van der Waals surface area contributed by atoms with Crippen LogP contribution in [-0.4, -0.2) is 36.4 Å². The van der Waals surface area contributed by atoms with Crippen LogP contribution in [0.25, 0.3) is 0 Å². The highest BCUT2D eigenvalue weighted by Crippen LogP contribution is 2.27. The van der Waals surface area contributed by atoms with Crippen molar-refractivity contribution in [3.8, 4) is 0 Å². The van der Waals surface area contributed by atoms with Crippen LogP contribution in [0.3, 0.4) is 0 Å². The van der Waals surface area contributed by atoms with Crippen molar-refractivity contribution < 1.29 is 14.6 Å². The van der Waals surface area contributed by atoms with Crippen LogP contribution in [0.5, 0.6) is 0 Å². The van der Waals surface area contributed by atoms with E-state index in [0.29, 0.717) is 6.04 Å². The number of nitrogens with one attached hydrogen (secondary N) is 1. The van der Waals surface area contributed by atoms with Gasteiger partial charge in [0.2, 0.25) is 0 Å². The first-order valence-electron chi connectivity index (χ1n) is 7.03. The molecule has 1 rings (SSSR count). The van der Waals surface area contributed by atoms with Gasteiger partial charge in [-0.1, -0.05) is 19.8 Å². The monoisotopic (exact) mass is 257 g/mol. The molecule has 0 radical (unpaired) electrons. The number of hydrogen-bond donors (Lipinski definition) is 2. The number of aliphatic hydroxyl groups is 1. The SMILES string of the molecule is CCCC1CCC(NCC(C)(O)C(=O)OC)CC1. The van der Waals surface area contributed by atoms with Crippen LogP contribution in [0.2, 0.25) is 0 Å². The largest absolute Gasteiger partial charge is 0.467 e. The quantitative estimate of drug-likeness (QED) is 0.713. The number of esters is 1. The van der Waals surface area contributed by atoms with Crippen LogP contribution in [0, 0.1) is 5.92 Å². The minimum absolute atomic E-state index is 0.267. The first-order valence-corrected chi connectivity index (χ1v) is 7.03. The summed E-state index contributed by atoms with van der Waals surface area (Å²) in [4.78, 5) is 11.3. The number of ether oxygens (including phenoxy) is 1. The Morgan fingerprint density at radius 3 is 2.50 bits per heavy atom. The molecule has 0 saturated heterocycles. The van der Waals surface area contributed by atoms with Gasteiger partial charge in [0.25, 0.3) is 0 Å². The van der Waals surface area contributed by atoms with E-state index in [1.54, 1.807) is 0 Å². The first kappa shape index (κ1) is 15.4. The lowest BCUT2D eigenvalue weighted by Crippen LogP contribution is -2.49. The molecule has 1 unspecified atom stereocenters. The summed E-state index contributed by atoms with van der Waals surface area (Å²) in [6.07, 6.45) is 7.38. The second kappa shape index (κ2) is 7.10. The van der Waals surface area contributed by atoms with Crippen LogP contribution in [-0.2, 0) is 9.53 Å². The van der Waals surface area contributed by atoms with Crippen molar-refractivity contribution in [2.45, 2.75) is 64.0 Å². The van der Waals surface area contributed by atoms with Gasteiger partial charge < -0.3 is 15.2 Å². The summed E-state index contributed by atoms with van der Waals surface area (Å²) in [6, 6.07) is 0.425. The van der Waals surface area contributed by atoms with Crippen molar-refractivity contribution in [3.63, 3.8) is 0 Å². The normalized spacial score (nSPS) is 27.6. The van der Waals surface area contributed by atoms with Gasteiger partial charge in [0.05, 0.1) is 7.11 Å². The van der Waals surface area contributed by atoms with Crippen molar-refractivity contribution in [1.29, 1.82) is 0 Å². The van der Waals surface area contributed by atoms with E-state index >= 15 is 0 Å². The van der Waals surface area contributed by atoms with Crippen molar-refractivity contribution in [2.75, 3.05) is 13.7 Å². The molecule has 106 valence electrons. The Balaban J connectivity index is 2.27. The Kier molecular flexibility index (Phi) is 6.09. The first-order chi connectivity index (χ1) is 8.49. The molecule has 0 heterocycles. The zero-order valence-electron chi connectivity index (χ0n) is 11.9. The van der Waals surface area contributed by atoms with Crippen LogP contribution in [0.15, 0.2) is 0 Å². The zero-order chi connectivity index (χ0) is 13.6. The minimum atomic E-state index is -1.42. The fraction of sp³-hybridized carbons (Fsp3) is 0.929. The molecule has 0 bridgehead atoms. The van der Waals surface area contributed by atoms with E-state index in [0.717, 1.165) is 18.8 Å². The maximum absolute atomic E-state index is 11.3. The van der Waals surface area contributed by atoms with Crippen LogP contribution >= 0.6 is 0 Å². The molecular formula is C14H27NO3. The summed E-state index contributed by atoms with van der Waals surface area (Å²) in [5.41, 5.74) is -1.42. The third kappa shape index (κ3) is 4.58. The van der Waals surface area contributed by atoms with Gasteiger partial charge in [-0.05, 0) is 38.5 Å². The lowest BCUT2D eigenvalue weighted by atomic mass is 9.83. The fourth-order valence-electron chi connectivity index (χ4n) is 2.70. The van der Waals surface area contributed by atoms with Crippen molar-refractivity contribution in [3.05, 3.63) is 0 Å². The van der Waals surface area contributed by atoms with Crippen molar-refractivity contribution >= 4 is 5.97 Å². The molecule has 1 aliphatic rings. The van der Waals surface area contributed by atoms with E-state index in [9.17, 15) is 9.90 Å². The van der Waals surface area contributed by atoms with Gasteiger partial charge in [-0.3, -0.25) is 0 Å². The second-order valence-electron chi connectivity index (χ2n) is 5.65. The van der Waals surface area contributed by atoms with Crippen LogP contribution < -0.4 is 5.32 Å². The molecule has 0 aliphatic heterocycles. The number of carbonyl (C=O) groups excluding carboxylic acids is 1. The Hall–Kier alpha value is -0.610. The third-order valence-corrected chi connectivity index (χ3v) is 3.90. The Morgan fingerprint density at radius 1 is 1.39 bits per heavy atom. The Morgan fingerprint density at radius 2 is 2.00 bits per heavy atom. The molecule has 1 atom stereocenters. The minimum Gasteiger partial charge on any atom is -0.467 e. The highest BCUT2D eigenvalue weighted by Gasteiger charge is 2.32. The summed E-state index contributed by atoms with van der Waals surface area (Å²) in [5.74, 6) is 0.295. The molecule has 0 aromatic carbocycles. The summed E-state index contributed by atoms with van der Waals surface area (Å²) < 4.78 is 4.57. The summed E-state index contributed by atoms with van der Waals surface area (Å²) in [5, 5.41) is 13.2. The second-order valence-corrected chi connectivity index (χ2v) is 5.65. The molecule has 1 fully saturated rings. The lowest BCUT2D eigenvalue weighted by molar-refractivity contribution is -0.160. The Bertz CT molecular complexity index is 258. The van der Waals surface area contributed by atoms with Gasteiger partial charge in [0.1, 0.15) is 0 Å². The lowest BCUT2D eigenvalue weighted by Gasteiger charge is -2.31. The summed E-state index contributed by atoms with van der Waals surface area (Å²) >= 11 is 0. The van der Waals surface area contributed by atoms with E-state index < -0.39 is 11.6 Å². The smallest absolute Gasteiger partial charge is 0.338 e. The van der Waals surface area contributed by atoms with Crippen LogP contribution in [0.4, 0.5) is 0 Å². The van der Waals surface area contributed by atoms with Gasteiger partial charge >= 0.3 is 5.97 Å². The zero-order valence-corrected chi connectivity index (χ0v) is 11.9. The van der Waals surface area contributed by atoms with E-state index in [-0.39, 0.29) is 6.54 Å². The summed E-state index contributed by atoms with van der Waals surface area (Å²) in [6.45, 7) is 4.00. The van der Waals surface area contributed by atoms with E-state index in [1.165, 1.54) is 39.7 Å². The number of rotatable bonds is 6. The molecular weight excluding hydrogens is 230 g/mol. The van der Waals surface area contributed by atoms with Gasteiger partial charge in [0, 0.05) is 12.6 Å². The predicted octanol–water partition coefficient (Wildman–Crippen LogP) is 1.86. The molecule has 0 spiro atoms. The molecule has 2 N–H and O–H groups in total. The molecule has 1 aliphatic carbocycles. The van der Waals surface area contributed by atoms with Gasteiger partial charge in [0.15, 0.2) is 5.60 Å². The maximum Gasteiger partial charge on any atom is 0.338 e. The van der Waals surface area contributed by atoms with Gasteiger partial charge in [-0.15, -0.1) is 0 Å². The van der Waals surface area contributed by atoms with Crippen LogP contribution in [0.1, 0.15) is 52.4 Å². The van der Waals surface area contributed by atoms with E-state index in [4.69, 9.17) is 0 Å². The standard InChI is InChI=1S/C14H27NO3/c1-4-5-11-6-8-12(9-7-11)15-10-14(2,17)13(16)18-3/h11-12,15,17H,4-10H2,1-3H3. The molecule has 0 aromatic rings. The summed E-state index contributed by atoms with van der Waals surface area (Å²) in [7, 11) is 1.30. The third-order valence-electron chi connectivity index (χ3n) is 3.90. The molecule has 0 aromatic heterocycles.